The van der Waals surface area contributed by atoms with Gasteiger partial charge in [-0.3, -0.25) is 4.79 Å². The molecule has 0 fully saturated rings. The van der Waals surface area contributed by atoms with Gasteiger partial charge >= 0.3 is 0 Å². The normalized spacial score (nSPS) is 11.0. The van der Waals surface area contributed by atoms with Gasteiger partial charge in [0.15, 0.2) is 0 Å². The number of carbonyl (C=O) groups is 1. The molecule has 1 heterocycles. The first-order chi connectivity index (χ1) is 14.6. The number of benzene rings is 3. The first-order valence-electron chi connectivity index (χ1n) is 10.2. The summed E-state index contributed by atoms with van der Waals surface area (Å²) in [5.74, 6) is 0.916. The van der Waals surface area contributed by atoms with E-state index < -0.39 is 0 Å². The van der Waals surface area contributed by atoms with Crippen molar-refractivity contribution in [3.8, 4) is 0 Å². The summed E-state index contributed by atoms with van der Waals surface area (Å²) in [7, 11) is 0. The van der Waals surface area contributed by atoms with Crippen molar-refractivity contribution < 1.29 is 4.79 Å². The van der Waals surface area contributed by atoms with Gasteiger partial charge in [0.2, 0.25) is 0 Å². The first kappa shape index (κ1) is 20.3. The van der Waals surface area contributed by atoms with Gasteiger partial charge in [-0.25, -0.2) is 0 Å². The average molecular weight is 415 g/mol. The Kier molecular flexibility index (Phi) is 6.24. The van der Waals surface area contributed by atoms with Crippen molar-refractivity contribution in [1.82, 2.24) is 9.88 Å². The highest BCUT2D eigenvalue weighted by molar-refractivity contribution is 7.98. The summed E-state index contributed by atoms with van der Waals surface area (Å²) >= 11 is 1.86. The molecule has 0 aliphatic rings. The minimum absolute atomic E-state index is 0.0274. The van der Waals surface area contributed by atoms with Gasteiger partial charge < -0.3 is 9.88 Å². The van der Waals surface area contributed by atoms with E-state index in [2.05, 4.69) is 71.5 Å². The predicted molar refractivity (Wildman–Crippen MR) is 126 cm³/mol. The maximum atomic E-state index is 12.4. The van der Waals surface area contributed by atoms with Gasteiger partial charge in [-0.05, 0) is 37.6 Å². The van der Waals surface area contributed by atoms with Crippen LogP contribution in [0, 0.1) is 13.8 Å². The van der Waals surface area contributed by atoms with Crippen molar-refractivity contribution in [2.24, 2.45) is 0 Å². The number of amides is 1. The van der Waals surface area contributed by atoms with Crippen molar-refractivity contribution >= 4 is 28.6 Å². The molecular weight excluding hydrogens is 388 g/mol. The Morgan fingerprint density at radius 1 is 0.900 bits per heavy atom. The predicted octanol–water partition coefficient (Wildman–Crippen LogP) is 5.98. The van der Waals surface area contributed by atoms with Crippen LogP contribution in [0.15, 0.2) is 83.9 Å². The molecule has 30 heavy (non-hydrogen) atoms. The number of fused-ring (bicyclic) bond motifs is 1. The Bertz CT molecular complexity index is 1140. The second-order valence-corrected chi connectivity index (χ2v) is 8.62. The topological polar surface area (TPSA) is 34.0 Å². The number of para-hydroxylation sites is 1. The van der Waals surface area contributed by atoms with Crippen molar-refractivity contribution in [3.05, 3.63) is 101 Å². The number of hydrogen-bond donors (Lipinski definition) is 1. The summed E-state index contributed by atoms with van der Waals surface area (Å²) in [6.07, 6.45) is 2.21. The van der Waals surface area contributed by atoms with Crippen LogP contribution in [0.25, 0.3) is 10.9 Å². The van der Waals surface area contributed by atoms with E-state index >= 15 is 0 Å². The largest absolute Gasteiger partial charge is 0.350 e. The third-order valence-electron chi connectivity index (χ3n) is 5.22. The van der Waals surface area contributed by atoms with Crippen LogP contribution >= 0.6 is 11.8 Å². The Morgan fingerprint density at radius 3 is 2.30 bits per heavy atom. The van der Waals surface area contributed by atoms with E-state index in [0.29, 0.717) is 12.1 Å². The second kappa shape index (κ2) is 9.23. The summed E-state index contributed by atoms with van der Waals surface area (Å²) in [4.78, 5) is 13.6. The SMILES string of the molecule is Cc1ccc(CSc2cn(CCNC(=O)c3ccc(C)cc3)c3ccccc23)cc1. The first-order valence-corrected chi connectivity index (χ1v) is 11.2. The van der Waals surface area contributed by atoms with E-state index in [0.717, 1.165) is 17.9 Å². The quantitative estimate of drug-likeness (QED) is 0.377. The molecule has 0 unspecified atom stereocenters. The van der Waals surface area contributed by atoms with Gasteiger partial charge in [0.05, 0.1) is 0 Å². The Hall–Kier alpha value is -2.98. The van der Waals surface area contributed by atoms with Gasteiger partial charge in [0.1, 0.15) is 0 Å². The zero-order chi connectivity index (χ0) is 20.9. The number of nitrogens with zero attached hydrogens (tertiary/aromatic N) is 1. The van der Waals surface area contributed by atoms with Crippen LogP contribution in [-0.4, -0.2) is 17.0 Å². The van der Waals surface area contributed by atoms with Crippen LogP contribution in [0.1, 0.15) is 27.0 Å². The summed E-state index contributed by atoms with van der Waals surface area (Å²) < 4.78 is 2.24. The summed E-state index contributed by atoms with van der Waals surface area (Å²) in [5, 5.41) is 4.30. The van der Waals surface area contributed by atoms with Crippen molar-refractivity contribution in [2.45, 2.75) is 31.0 Å². The molecule has 0 saturated carbocycles. The minimum Gasteiger partial charge on any atom is -0.350 e. The lowest BCUT2D eigenvalue weighted by atomic mass is 10.1. The number of hydrogen-bond acceptors (Lipinski definition) is 2. The van der Waals surface area contributed by atoms with Crippen LogP contribution < -0.4 is 5.32 Å². The lowest BCUT2D eigenvalue weighted by molar-refractivity contribution is 0.0952. The van der Waals surface area contributed by atoms with Crippen LogP contribution in [0.2, 0.25) is 0 Å². The fourth-order valence-electron chi connectivity index (χ4n) is 3.46. The summed E-state index contributed by atoms with van der Waals surface area (Å²) in [6, 6.07) is 24.9. The van der Waals surface area contributed by atoms with E-state index in [4.69, 9.17) is 0 Å². The molecule has 3 nitrogen and oxygen atoms in total. The van der Waals surface area contributed by atoms with E-state index in [1.54, 1.807) is 0 Å². The Morgan fingerprint density at radius 2 is 1.57 bits per heavy atom. The van der Waals surface area contributed by atoms with Crippen molar-refractivity contribution in [2.75, 3.05) is 6.54 Å². The zero-order valence-corrected chi connectivity index (χ0v) is 18.2. The molecule has 152 valence electrons. The van der Waals surface area contributed by atoms with Crippen LogP contribution in [0.3, 0.4) is 0 Å². The molecule has 0 radical (unpaired) electrons. The molecule has 1 N–H and O–H groups in total. The number of aryl methyl sites for hydroxylation is 2. The van der Waals surface area contributed by atoms with Gasteiger partial charge in [0.25, 0.3) is 5.91 Å². The molecule has 0 aliphatic heterocycles. The summed E-state index contributed by atoms with van der Waals surface area (Å²) in [5.41, 5.74) is 5.67. The highest BCUT2D eigenvalue weighted by Crippen LogP contribution is 2.32. The molecule has 0 aliphatic carbocycles. The fourth-order valence-corrected chi connectivity index (χ4v) is 4.50. The standard InChI is InChI=1S/C26H26N2OS/c1-19-7-11-21(12-8-19)18-30-25-17-28(24-6-4-3-5-23(24)25)16-15-27-26(29)22-13-9-20(2)10-14-22/h3-14,17H,15-16,18H2,1-2H3,(H,27,29). The summed E-state index contributed by atoms with van der Waals surface area (Å²) in [6.45, 7) is 5.46. The fraction of sp³-hybridized carbons (Fsp3) is 0.192. The van der Waals surface area contributed by atoms with E-state index in [1.165, 1.54) is 26.9 Å². The minimum atomic E-state index is -0.0274. The molecule has 1 amide bonds. The third-order valence-corrected chi connectivity index (χ3v) is 6.33. The van der Waals surface area contributed by atoms with Crippen LogP contribution in [0.5, 0.6) is 0 Å². The number of rotatable bonds is 7. The molecule has 0 saturated heterocycles. The lowest BCUT2D eigenvalue weighted by Crippen LogP contribution is -2.27. The monoisotopic (exact) mass is 414 g/mol. The van der Waals surface area contributed by atoms with Crippen LogP contribution in [0.4, 0.5) is 0 Å². The molecule has 3 aromatic carbocycles. The number of nitrogens with one attached hydrogen (secondary N) is 1. The van der Waals surface area contributed by atoms with Gasteiger partial charge in [-0.1, -0.05) is 65.7 Å². The van der Waals surface area contributed by atoms with Crippen LogP contribution in [-0.2, 0) is 12.3 Å². The second-order valence-electron chi connectivity index (χ2n) is 7.60. The molecule has 1 aromatic heterocycles. The van der Waals surface area contributed by atoms with E-state index in [1.807, 2.05) is 43.0 Å². The molecule has 4 heteroatoms. The van der Waals surface area contributed by atoms with Crippen molar-refractivity contribution in [1.29, 1.82) is 0 Å². The van der Waals surface area contributed by atoms with Crippen molar-refractivity contribution in [3.63, 3.8) is 0 Å². The molecule has 0 bridgehead atoms. The Balaban J connectivity index is 1.43. The number of carbonyl (C=O) groups excluding carboxylic acids is 1. The van der Waals surface area contributed by atoms with Gasteiger partial charge in [-0.2, -0.15) is 0 Å². The molecular formula is C26H26N2OS. The Labute approximate surface area is 182 Å². The smallest absolute Gasteiger partial charge is 0.251 e. The van der Waals surface area contributed by atoms with E-state index in [-0.39, 0.29) is 5.91 Å². The highest BCUT2D eigenvalue weighted by atomic mass is 32.2. The number of aromatic nitrogens is 1. The average Bonchev–Trinajstić information content (AvgIpc) is 3.12. The maximum absolute atomic E-state index is 12.4. The highest BCUT2D eigenvalue weighted by Gasteiger charge is 2.10. The molecule has 4 rings (SSSR count). The zero-order valence-electron chi connectivity index (χ0n) is 17.4. The molecule has 4 aromatic rings. The molecule has 0 atom stereocenters. The number of thioether (sulfide) groups is 1. The van der Waals surface area contributed by atoms with Gasteiger partial charge in [0, 0.05) is 46.4 Å². The lowest BCUT2D eigenvalue weighted by Gasteiger charge is -2.08. The third kappa shape index (κ3) is 4.77. The van der Waals surface area contributed by atoms with E-state index in [9.17, 15) is 4.79 Å². The maximum Gasteiger partial charge on any atom is 0.251 e. The van der Waals surface area contributed by atoms with Gasteiger partial charge in [-0.15, -0.1) is 11.8 Å². The molecule has 0 spiro atoms.